The van der Waals surface area contributed by atoms with E-state index in [1.54, 1.807) is 24.5 Å². The molecule has 0 aliphatic rings. The van der Waals surface area contributed by atoms with Crippen molar-refractivity contribution in [3.8, 4) is 5.75 Å². The van der Waals surface area contributed by atoms with Gasteiger partial charge in [0.05, 0.1) is 19.4 Å². The molecular weight excluding hydrogens is 302 g/mol. The van der Waals surface area contributed by atoms with E-state index in [9.17, 15) is 4.79 Å². The van der Waals surface area contributed by atoms with Crippen molar-refractivity contribution in [2.75, 3.05) is 6.61 Å². The van der Waals surface area contributed by atoms with Crippen LogP contribution in [0.1, 0.15) is 21.7 Å². The Bertz CT molecular complexity index is 749. The van der Waals surface area contributed by atoms with Gasteiger partial charge in [-0.2, -0.15) is 0 Å². The molecule has 24 heavy (non-hydrogen) atoms. The van der Waals surface area contributed by atoms with Crippen LogP contribution in [-0.4, -0.2) is 12.5 Å². The number of hydrogen-bond donors (Lipinski definition) is 1. The Labute approximate surface area is 141 Å². The minimum Gasteiger partial charge on any atom is -0.493 e. The van der Waals surface area contributed by atoms with Crippen molar-refractivity contribution < 1.29 is 13.9 Å². The highest BCUT2D eigenvalue weighted by molar-refractivity contribution is 5.94. The molecule has 0 aliphatic carbocycles. The Morgan fingerprint density at radius 3 is 2.46 bits per heavy atom. The fourth-order valence-electron chi connectivity index (χ4n) is 2.32. The Morgan fingerprint density at radius 1 is 0.958 bits per heavy atom. The molecule has 1 aromatic heterocycles. The van der Waals surface area contributed by atoms with Crippen LogP contribution in [0.3, 0.4) is 0 Å². The van der Waals surface area contributed by atoms with Crippen LogP contribution < -0.4 is 10.1 Å². The second-order valence-corrected chi connectivity index (χ2v) is 5.37. The van der Waals surface area contributed by atoms with E-state index in [1.807, 2.05) is 36.4 Å². The van der Waals surface area contributed by atoms with Gasteiger partial charge in [-0.05, 0) is 42.0 Å². The minimum atomic E-state index is -0.137. The summed E-state index contributed by atoms with van der Waals surface area (Å²) in [6, 6.07) is 21.0. The lowest BCUT2D eigenvalue weighted by molar-refractivity contribution is 0.0948. The number of carbonyl (C=O) groups is 1. The molecule has 0 atom stereocenters. The number of furan rings is 1. The molecule has 0 spiro atoms. The fraction of sp³-hybridized carbons (Fsp3) is 0.150. The molecule has 0 saturated carbocycles. The van der Waals surface area contributed by atoms with Crippen molar-refractivity contribution in [1.29, 1.82) is 0 Å². The first kappa shape index (κ1) is 15.9. The lowest BCUT2D eigenvalue weighted by Crippen LogP contribution is -2.22. The molecule has 3 rings (SSSR count). The normalized spacial score (nSPS) is 10.3. The van der Waals surface area contributed by atoms with Crippen molar-refractivity contribution >= 4 is 5.91 Å². The van der Waals surface area contributed by atoms with Crippen molar-refractivity contribution in [2.24, 2.45) is 0 Å². The SMILES string of the molecule is O=C(NCc1ccco1)c1ccc(OCCc2ccccc2)cc1. The molecule has 122 valence electrons. The van der Waals surface area contributed by atoms with Gasteiger partial charge in [0.2, 0.25) is 0 Å². The zero-order chi connectivity index (χ0) is 16.6. The van der Waals surface area contributed by atoms with Gasteiger partial charge in [-0.1, -0.05) is 30.3 Å². The first-order chi connectivity index (χ1) is 11.8. The lowest BCUT2D eigenvalue weighted by atomic mass is 10.2. The number of ether oxygens (including phenoxy) is 1. The van der Waals surface area contributed by atoms with Gasteiger partial charge in [-0.3, -0.25) is 4.79 Å². The highest BCUT2D eigenvalue weighted by Crippen LogP contribution is 2.13. The molecular formula is C20H19NO3. The summed E-state index contributed by atoms with van der Waals surface area (Å²) in [6.45, 7) is 0.981. The van der Waals surface area contributed by atoms with Gasteiger partial charge in [-0.15, -0.1) is 0 Å². The first-order valence-corrected chi connectivity index (χ1v) is 7.88. The van der Waals surface area contributed by atoms with E-state index in [2.05, 4.69) is 17.4 Å². The van der Waals surface area contributed by atoms with Gasteiger partial charge >= 0.3 is 0 Å². The van der Waals surface area contributed by atoms with Gasteiger partial charge in [0, 0.05) is 12.0 Å². The zero-order valence-corrected chi connectivity index (χ0v) is 13.3. The molecule has 0 bridgehead atoms. The Balaban J connectivity index is 1.46. The number of carbonyl (C=O) groups excluding carboxylic acids is 1. The molecule has 2 aromatic carbocycles. The number of benzene rings is 2. The van der Waals surface area contributed by atoms with Crippen LogP contribution in [-0.2, 0) is 13.0 Å². The molecule has 0 aliphatic heterocycles. The van der Waals surface area contributed by atoms with Gasteiger partial charge in [-0.25, -0.2) is 0 Å². The minimum absolute atomic E-state index is 0.137. The summed E-state index contributed by atoms with van der Waals surface area (Å²) in [5.41, 5.74) is 1.84. The van der Waals surface area contributed by atoms with Crippen LogP contribution >= 0.6 is 0 Å². The topological polar surface area (TPSA) is 51.5 Å². The predicted molar refractivity (Wildman–Crippen MR) is 92.0 cm³/mol. The van der Waals surface area contributed by atoms with E-state index in [0.717, 1.165) is 17.9 Å². The van der Waals surface area contributed by atoms with Gasteiger partial charge in [0.25, 0.3) is 5.91 Å². The van der Waals surface area contributed by atoms with Crippen LogP contribution in [0.25, 0.3) is 0 Å². The van der Waals surface area contributed by atoms with Crippen LogP contribution in [0.2, 0.25) is 0 Å². The van der Waals surface area contributed by atoms with Crippen LogP contribution in [0, 0.1) is 0 Å². The highest BCUT2D eigenvalue weighted by atomic mass is 16.5. The lowest BCUT2D eigenvalue weighted by Gasteiger charge is -2.08. The summed E-state index contributed by atoms with van der Waals surface area (Å²) in [5, 5.41) is 2.81. The summed E-state index contributed by atoms with van der Waals surface area (Å²) in [6.07, 6.45) is 2.44. The van der Waals surface area contributed by atoms with Crippen LogP contribution in [0.15, 0.2) is 77.4 Å². The van der Waals surface area contributed by atoms with E-state index in [-0.39, 0.29) is 5.91 Å². The number of hydrogen-bond acceptors (Lipinski definition) is 3. The largest absolute Gasteiger partial charge is 0.493 e. The number of amides is 1. The number of rotatable bonds is 7. The third-order valence-electron chi connectivity index (χ3n) is 3.62. The Morgan fingerprint density at radius 2 is 1.75 bits per heavy atom. The van der Waals surface area contributed by atoms with E-state index >= 15 is 0 Å². The fourth-order valence-corrected chi connectivity index (χ4v) is 2.32. The second-order valence-electron chi connectivity index (χ2n) is 5.37. The first-order valence-electron chi connectivity index (χ1n) is 7.88. The average molecular weight is 321 g/mol. The quantitative estimate of drug-likeness (QED) is 0.719. The highest BCUT2D eigenvalue weighted by Gasteiger charge is 2.06. The molecule has 1 amide bonds. The Kier molecular flexibility index (Phi) is 5.30. The van der Waals surface area contributed by atoms with E-state index in [0.29, 0.717) is 18.7 Å². The molecule has 4 nitrogen and oxygen atoms in total. The molecule has 0 fully saturated rings. The van der Waals surface area contributed by atoms with Gasteiger partial charge in [0.1, 0.15) is 11.5 Å². The summed E-state index contributed by atoms with van der Waals surface area (Å²) in [4.78, 5) is 12.1. The average Bonchev–Trinajstić information content (AvgIpc) is 3.15. The van der Waals surface area contributed by atoms with Crippen molar-refractivity contribution in [2.45, 2.75) is 13.0 Å². The van der Waals surface area contributed by atoms with Crippen molar-refractivity contribution in [3.05, 3.63) is 89.9 Å². The number of nitrogens with one attached hydrogen (secondary N) is 1. The molecule has 3 aromatic rings. The monoisotopic (exact) mass is 321 g/mol. The van der Waals surface area contributed by atoms with Gasteiger partial charge in [0.15, 0.2) is 0 Å². The molecule has 1 heterocycles. The third kappa shape index (κ3) is 4.49. The maximum atomic E-state index is 12.1. The molecule has 4 heteroatoms. The molecule has 1 N–H and O–H groups in total. The maximum Gasteiger partial charge on any atom is 0.251 e. The Hall–Kier alpha value is -3.01. The third-order valence-corrected chi connectivity index (χ3v) is 3.62. The van der Waals surface area contributed by atoms with E-state index in [4.69, 9.17) is 9.15 Å². The molecule has 0 saturated heterocycles. The molecule has 0 radical (unpaired) electrons. The predicted octanol–water partition coefficient (Wildman–Crippen LogP) is 3.83. The van der Waals surface area contributed by atoms with Gasteiger partial charge < -0.3 is 14.5 Å². The summed E-state index contributed by atoms with van der Waals surface area (Å²) in [7, 11) is 0. The van der Waals surface area contributed by atoms with Crippen LogP contribution in [0.5, 0.6) is 5.75 Å². The van der Waals surface area contributed by atoms with Crippen molar-refractivity contribution in [1.82, 2.24) is 5.32 Å². The summed E-state index contributed by atoms with van der Waals surface area (Å²) < 4.78 is 10.9. The van der Waals surface area contributed by atoms with E-state index < -0.39 is 0 Å². The maximum absolute atomic E-state index is 12.1. The van der Waals surface area contributed by atoms with E-state index in [1.165, 1.54) is 5.56 Å². The standard InChI is InChI=1S/C20H19NO3/c22-20(21-15-19-7-4-13-23-19)17-8-10-18(11-9-17)24-14-12-16-5-2-1-3-6-16/h1-11,13H,12,14-15H2,(H,21,22). The zero-order valence-electron chi connectivity index (χ0n) is 13.3. The molecule has 0 unspecified atom stereocenters. The second kappa shape index (κ2) is 8.02. The summed E-state index contributed by atoms with van der Waals surface area (Å²) >= 11 is 0. The van der Waals surface area contributed by atoms with Crippen LogP contribution in [0.4, 0.5) is 0 Å². The summed E-state index contributed by atoms with van der Waals surface area (Å²) in [5.74, 6) is 1.35. The van der Waals surface area contributed by atoms with Crippen molar-refractivity contribution in [3.63, 3.8) is 0 Å². The smallest absolute Gasteiger partial charge is 0.251 e.